The zero-order valence-electron chi connectivity index (χ0n) is 10.5. The van der Waals surface area contributed by atoms with Crippen LogP contribution >= 0.6 is 0 Å². The van der Waals surface area contributed by atoms with Gasteiger partial charge in [0.2, 0.25) is 0 Å². The van der Waals surface area contributed by atoms with Gasteiger partial charge in [-0.05, 0) is 36.2 Å². The molecule has 0 amide bonds. The van der Waals surface area contributed by atoms with Crippen molar-refractivity contribution in [3.63, 3.8) is 0 Å². The van der Waals surface area contributed by atoms with E-state index >= 15 is 0 Å². The highest BCUT2D eigenvalue weighted by Crippen LogP contribution is 2.15. The van der Waals surface area contributed by atoms with E-state index in [0.717, 1.165) is 6.54 Å². The Hall–Kier alpha value is -1.60. The van der Waals surface area contributed by atoms with Crippen molar-refractivity contribution in [3.05, 3.63) is 60.2 Å². The van der Waals surface area contributed by atoms with Crippen LogP contribution in [0.15, 0.2) is 54.6 Å². The van der Waals surface area contributed by atoms with Crippen molar-refractivity contribution in [2.24, 2.45) is 0 Å². The fourth-order valence-electron chi connectivity index (χ4n) is 1.79. The summed E-state index contributed by atoms with van der Waals surface area (Å²) in [5.41, 5.74) is 2.49. The highest BCUT2D eigenvalue weighted by molar-refractivity contribution is 5.82. The maximum atomic E-state index is 3.95. The summed E-state index contributed by atoms with van der Waals surface area (Å²) in [4.78, 5) is 0. The van der Waals surface area contributed by atoms with Crippen molar-refractivity contribution >= 4 is 10.8 Å². The Morgan fingerprint density at radius 3 is 2.59 bits per heavy atom. The predicted octanol–water partition coefficient (Wildman–Crippen LogP) is 3.89. The standard InChI is InChI=1S/C16H19N/c1-12(2)13(3)17-11-14-8-9-15-6-4-5-7-16(15)10-14/h4-10,13,17H,1,11H2,2-3H3/t13-/m1/s1. The third-order valence-electron chi connectivity index (χ3n) is 3.17. The zero-order valence-corrected chi connectivity index (χ0v) is 10.5. The molecule has 0 heterocycles. The molecule has 1 heteroatoms. The average Bonchev–Trinajstić information content (AvgIpc) is 2.35. The second-order valence-corrected chi connectivity index (χ2v) is 4.63. The lowest BCUT2D eigenvalue weighted by atomic mass is 10.1. The second-order valence-electron chi connectivity index (χ2n) is 4.63. The number of nitrogens with one attached hydrogen (secondary N) is 1. The normalized spacial score (nSPS) is 12.6. The lowest BCUT2D eigenvalue weighted by Crippen LogP contribution is -2.25. The van der Waals surface area contributed by atoms with Crippen molar-refractivity contribution in [1.29, 1.82) is 0 Å². The monoisotopic (exact) mass is 225 g/mol. The van der Waals surface area contributed by atoms with Crippen LogP contribution in [0.2, 0.25) is 0 Å². The molecule has 0 fully saturated rings. The molecule has 2 aromatic rings. The Labute approximate surface area is 103 Å². The Kier molecular flexibility index (Phi) is 3.60. The van der Waals surface area contributed by atoms with E-state index in [9.17, 15) is 0 Å². The molecule has 0 spiro atoms. The Morgan fingerprint density at radius 1 is 1.18 bits per heavy atom. The zero-order chi connectivity index (χ0) is 12.3. The van der Waals surface area contributed by atoms with Crippen LogP contribution in [-0.2, 0) is 6.54 Å². The fourth-order valence-corrected chi connectivity index (χ4v) is 1.79. The van der Waals surface area contributed by atoms with Crippen molar-refractivity contribution in [2.75, 3.05) is 0 Å². The third kappa shape index (κ3) is 2.95. The summed E-state index contributed by atoms with van der Waals surface area (Å²) in [6.45, 7) is 9.04. The Balaban J connectivity index is 2.12. The minimum atomic E-state index is 0.362. The molecule has 0 saturated heterocycles. The van der Waals surface area contributed by atoms with Crippen molar-refractivity contribution in [3.8, 4) is 0 Å². The first-order valence-corrected chi connectivity index (χ1v) is 6.03. The number of benzene rings is 2. The second kappa shape index (κ2) is 5.15. The summed E-state index contributed by atoms with van der Waals surface area (Å²) in [7, 11) is 0. The van der Waals surface area contributed by atoms with Gasteiger partial charge in [-0.25, -0.2) is 0 Å². The number of fused-ring (bicyclic) bond motifs is 1. The van der Waals surface area contributed by atoms with Gasteiger partial charge in [0, 0.05) is 12.6 Å². The number of hydrogen-bond donors (Lipinski definition) is 1. The lowest BCUT2D eigenvalue weighted by molar-refractivity contribution is 0.610. The molecular weight excluding hydrogens is 206 g/mol. The number of hydrogen-bond acceptors (Lipinski definition) is 1. The van der Waals surface area contributed by atoms with E-state index in [1.807, 2.05) is 0 Å². The molecule has 2 rings (SSSR count). The van der Waals surface area contributed by atoms with E-state index in [0.29, 0.717) is 6.04 Å². The maximum Gasteiger partial charge on any atom is 0.0248 e. The first-order valence-electron chi connectivity index (χ1n) is 6.03. The summed E-state index contributed by atoms with van der Waals surface area (Å²) in [5.74, 6) is 0. The largest absolute Gasteiger partial charge is 0.306 e. The van der Waals surface area contributed by atoms with Gasteiger partial charge in [0.05, 0.1) is 0 Å². The van der Waals surface area contributed by atoms with E-state index in [-0.39, 0.29) is 0 Å². The van der Waals surface area contributed by atoms with Gasteiger partial charge in [0.15, 0.2) is 0 Å². The molecular formula is C16H19N. The lowest BCUT2D eigenvalue weighted by Gasteiger charge is -2.13. The van der Waals surface area contributed by atoms with Crippen LogP contribution < -0.4 is 5.32 Å². The minimum absolute atomic E-state index is 0.362. The molecule has 0 aliphatic heterocycles. The fraction of sp³-hybridized carbons (Fsp3) is 0.250. The van der Waals surface area contributed by atoms with Crippen LogP contribution in [0.3, 0.4) is 0 Å². The van der Waals surface area contributed by atoms with Crippen LogP contribution in [0, 0.1) is 0 Å². The SMILES string of the molecule is C=C(C)[C@@H](C)NCc1ccc2ccccc2c1. The van der Waals surface area contributed by atoms with Crippen molar-refractivity contribution in [2.45, 2.75) is 26.4 Å². The summed E-state index contributed by atoms with van der Waals surface area (Å²) >= 11 is 0. The molecule has 0 radical (unpaired) electrons. The Morgan fingerprint density at radius 2 is 1.88 bits per heavy atom. The van der Waals surface area contributed by atoms with Crippen LogP contribution in [0.1, 0.15) is 19.4 Å². The molecule has 0 aliphatic rings. The highest BCUT2D eigenvalue weighted by atomic mass is 14.9. The topological polar surface area (TPSA) is 12.0 Å². The molecule has 1 atom stereocenters. The molecule has 0 unspecified atom stereocenters. The molecule has 2 aromatic carbocycles. The van der Waals surface area contributed by atoms with Crippen LogP contribution in [0.4, 0.5) is 0 Å². The predicted molar refractivity (Wildman–Crippen MR) is 75.1 cm³/mol. The quantitative estimate of drug-likeness (QED) is 0.778. The van der Waals surface area contributed by atoms with Gasteiger partial charge >= 0.3 is 0 Å². The van der Waals surface area contributed by atoms with Crippen molar-refractivity contribution in [1.82, 2.24) is 5.32 Å². The molecule has 0 aliphatic carbocycles. The summed E-state index contributed by atoms with van der Waals surface area (Å²) in [6, 6.07) is 15.4. The van der Waals surface area contributed by atoms with Crippen LogP contribution in [0.5, 0.6) is 0 Å². The summed E-state index contributed by atoms with van der Waals surface area (Å²) in [5, 5.41) is 6.06. The van der Waals surface area contributed by atoms with Gasteiger partial charge < -0.3 is 5.32 Å². The first-order chi connectivity index (χ1) is 8.16. The van der Waals surface area contributed by atoms with E-state index in [1.54, 1.807) is 0 Å². The number of rotatable bonds is 4. The smallest absolute Gasteiger partial charge is 0.0248 e. The highest BCUT2D eigenvalue weighted by Gasteiger charge is 2.01. The van der Waals surface area contributed by atoms with Gasteiger partial charge in [0.25, 0.3) is 0 Å². The van der Waals surface area contributed by atoms with Gasteiger partial charge in [0.1, 0.15) is 0 Å². The van der Waals surface area contributed by atoms with Gasteiger partial charge in [-0.15, -0.1) is 0 Å². The first kappa shape index (κ1) is 11.9. The van der Waals surface area contributed by atoms with E-state index in [2.05, 4.69) is 68.2 Å². The Bertz CT molecular complexity index is 528. The van der Waals surface area contributed by atoms with Gasteiger partial charge in [-0.1, -0.05) is 48.6 Å². The molecule has 0 bridgehead atoms. The van der Waals surface area contributed by atoms with Gasteiger partial charge in [-0.2, -0.15) is 0 Å². The van der Waals surface area contributed by atoms with Gasteiger partial charge in [-0.3, -0.25) is 0 Å². The van der Waals surface area contributed by atoms with Crippen molar-refractivity contribution < 1.29 is 0 Å². The molecule has 88 valence electrons. The van der Waals surface area contributed by atoms with E-state index in [1.165, 1.54) is 21.9 Å². The molecule has 17 heavy (non-hydrogen) atoms. The average molecular weight is 225 g/mol. The molecule has 1 N–H and O–H groups in total. The minimum Gasteiger partial charge on any atom is -0.306 e. The van der Waals surface area contributed by atoms with E-state index < -0.39 is 0 Å². The molecule has 1 nitrogen and oxygen atoms in total. The molecule has 0 saturated carbocycles. The van der Waals surface area contributed by atoms with E-state index in [4.69, 9.17) is 0 Å². The molecule has 0 aromatic heterocycles. The van der Waals surface area contributed by atoms with Crippen LogP contribution in [-0.4, -0.2) is 6.04 Å². The summed E-state index contributed by atoms with van der Waals surface area (Å²) < 4.78 is 0. The summed E-state index contributed by atoms with van der Waals surface area (Å²) in [6.07, 6.45) is 0. The third-order valence-corrected chi connectivity index (χ3v) is 3.17. The maximum absolute atomic E-state index is 3.95. The van der Waals surface area contributed by atoms with Crippen LogP contribution in [0.25, 0.3) is 10.8 Å².